The number of nitrogens with one attached hydrogen (secondary N) is 1. The minimum atomic E-state index is -0.414. The fourth-order valence-corrected chi connectivity index (χ4v) is 3.84. The second kappa shape index (κ2) is 7.61. The maximum absolute atomic E-state index is 12.4. The molecule has 26 heavy (non-hydrogen) atoms. The SMILES string of the molecule is Cc1cc(C=C(C#N)C(=O)Nc2cnn(C)c2)c(C)n1C1CCCCC1. The molecule has 6 nitrogen and oxygen atoms in total. The summed E-state index contributed by atoms with van der Waals surface area (Å²) in [5.74, 6) is -0.414. The van der Waals surface area contributed by atoms with Gasteiger partial charge < -0.3 is 9.88 Å². The smallest absolute Gasteiger partial charge is 0.266 e. The molecule has 6 heteroatoms. The Morgan fingerprint density at radius 3 is 2.69 bits per heavy atom. The highest BCUT2D eigenvalue weighted by Gasteiger charge is 2.20. The van der Waals surface area contributed by atoms with Crippen LogP contribution in [0.3, 0.4) is 0 Å². The normalized spacial score (nSPS) is 15.7. The minimum Gasteiger partial charge on any atom is -0.346 e. The molecule has 0 atom stereocenters. The first-order valence-corrected chi connectivity index (χ1v) is 9.10. The molecule has 0 spiro atoms. The van der Waals surface area contributed by atoms with Gasteiger partial charge in [0.25, 0.3) is 5.91 Å². The molecule has 1 fully saturated rings. The first-order chi connectivity index (χ1) is 12.5. The van der Waals surface area contributed by atoms with E-state index in [1.54, 1.807) is 30.2 Å². The summed E-state index contributed by atoms with van der Waals surface area (Å²) in [7, 11) is 1.77. The van der Waals surface area contributed by atoms with E-state index in [-0.39, 0.29) is 5.57 Å². The van der Waals surface area contributed by atoms with Crippen LogP contribution < -0.4 is 5.32 Å². The molecule has 0 aliphatic heterocycles. The number of rotatable bonds is 4. The van der Waals surface area contributed by atoms with Crippen molar-refractivity contribution < 1.29 is 4.79 Å². The van der Waals surface area contributed by atoms with Crippen LogP contribution in [0.2, 0.25) is 0 Å². The average molecular weight is 351 g/mol. The number of carbonyl (C=O) groups excluding carboxylic acids is 1. The highest BCUT2D eigenvalue weighted by atomic mass is 16.1. The molecule has 1 aliphatic rings. The van der Waals surface area contributed by atoms with Crippen LogP contribution in [-0.2, 0) is 11.8 Å². The summed E-state index contributed by atoms with van der Waals surface area (Å²) in [5, 5.41) is 16.2. The molecule has 1 aliphatic carbocycles. The number of carbonyl (C=O) groups is 1. The fourth-order valence-electron chi connectivity index (χ4n) is 3.84. The fraction of sp³-hybridized carbons (Fsp3) is 0.450. The van der Waals surface area contributed by atoms with Crippen molar-refractivity contribution in [3.05, 3.63) is 41.0 Å². The van der Waals surface area contributed by atoms with Gasteiger partial charge in [0.1, 0.15) is 11.6 Å². The third-order valence-electron chi connectivity index (χ3n) is 5.09. The molecule has 0 aromatic carbocycles. The number of aryl methyl sites for hydroxylation is 2. The Morgan fingerprint density at radius 1 is 1.35 bits per heavy atom. The number of aromatic nitrogens is 3. The zero-order chi connectivity index (χ0) is 18.7. The van der Waals surface area contributed by atoms with Crippen molar-refractivity contribution in [3.63, 3.8) is 0 Å². The van der Waals surface area contributed by atoms with E-state index in [0.717, 1.165) is 11.3 Å². The number of amides is 1. The molecular weight excluding hydrogens is 326 g/mol. The Kier molecular flexibility index (Phi) is 5.27. The van der Waals surface area contributed by atoms with Crippen molar-refractivity contribution in [2.24, 2.45) is 7.05 Å². The topological polar surface area (TPSA) is 75.6 Å². The molecular formula is C20H25N5O. The maximum atomic E-state index is 12.4. The van der Waals surface area contributed by atoms with Crippen molar-refractivity contribution in [1.82, 2.24) is 14.3 Å². The van der Waals surface area contributed by atoms with E-state index in [1.807, 2.05) is 6.07 Å². The predicted octanol–water partition coefficient (Wildman–Crippen LogP) is 3.89. The van der Waals surface area contributed by atoms with Crippen LogP contribution in [0.4, 0.5) is 5.69 Å². The zero-order valence-corrected chi connectivity index (χ0v) is 15.6. The van der Waals surface area contributed by atoms with Crippen LogP contribution in [0.15, 0.2) is 24.0 Å². The highest BCUT2D eigenvalue weighted by molar-refractivity contribution is 6.09. The zero-order valence-electron chi connectivity index (χ0n) is 15.6. The molecule has 1 N–H and O–H groups in total. The molecule has 2 aromatic heterocycles. The van der Waals surface area contributed by atoms with Gasteiger partial charge in [0.05, 0.1) is 11.9 Å². The van der Waals surface area contributed by atoms with Crippen LogP contribution in [-0.4, -0.2) is 20.3 Å². The summed E-state index contributed by atoms with van der Waals surface area (Å²) in [6, 6.07) is 4.62. The lowest BCUT2D eigenvalue weighted by Crippen LogP contribution is -2.15. The van der Waals surface area contributed by atoms with Crippen molar-refractivity contribution >= 4 is 17.7 Å². The van der Waals surface area contributed by atoms with Crippen LogP contribution in [0, 0.1) is 25.2 Å². The van der Waals surface area contributed by atoms with E-state index < -0.39 is 5.91 Å². The molecule has 3 rings (SSSR count). The Bertz CT molecular complexity index is 875. The second-order valence-corrected chi connectivity index (χ2v) is 7.01. The van der Waals surface area contributed by atoms with Crippen LogP contribution in [0.5, 0.6) is 0 Å². The van der Waals surface area contributed by atoms with Crippen molar-refractivity contribution in [3.8, 4) is 6.07 Å². The highest BCUT2D eigenvalue weighted by Crippen LogP contribution is 2.32. The van der Waals surface area contributed by atoms with Gasteiger partial charge in [0.15, 0.2) is 0 Å². The van der Waals surface area contributed by atoms with E-state index in [2.05, 4.69) is 34.9 Å². The van der Waals surface area contributed by atoms with Gasteiger partial charge >= 0.3 is 0 Å². The average Bonchev–Trinajstić information content (AvgIpc) is 3.15. The Labute approximate surface area is 154 Å². The number of hydrogen-bond donors (Lipinski definition) is 1. The molecule has 0 radical (unpaired) electrons. The van der Waals surface area contributed by atoms with Gasteiger partial charge in [-0.25, -0.2) is 0 Å². The molecule has 0 saturated heterocycles. The largest absolute Gasteiger partial charge is 0.346 e. The van der Waals surface area contributed by atoms with Gasteiger partial charge in [-0.15, -0.1) is 0 Å². The molecule has 0 unspecified atom stereocenters. The Hall–Kier alpha value is -2.81. The molecule has 1 amide bonds. The lowest BCUT2D eigenvalue weighted by Gasteiger charge is -2.26. The van der Waals surface area contributed by atoms with Gasteiger partial charge in [-0.05, 0) is 44.4 Å². The minimum absolute atomic E-state index is 0.0951. The van der Waals surface area contributed by atoms with Crippen molar-refractivity contribution in [1.29, 1.82) is 5.26 Å². The van der Waals surface area contributed by atoms with E-state index in [1.165, 1.54) is 37.8 Å². The standard InChI is InChI=1S/C20H25N5O/c1-14-9-16(15(2)25(14)19-7-5-4-6-8-19)10-17(11-21)20(26)23-18-12-22-24(3)13-18/h9-10,12-13,19H,4-8H2,1-3H3,(H,23,26). The van der Waals surface area contributed by atoms with Gasteiger partial charge in [-0.1, -0.05) is 19.3 Å². The van der Waals surface area contributed by atoms with Crippen molar-refractivity contribution in [2.45, 2.75) is 52.0 Å². The third kappa shape index (κ3) is 3.72. The summed E-state index contributed by atoms with van der Waals surface area (Å²) in [6.45, 7) is 4.17. The first-order valence-electron chi connectivity index (χ1n) is 9.10. The van der Waals surface area contributed by atoms with Gasteiger partial charge in [0, 0.05) is 30.7 Å². The molecule has 2 aromatic rings. The Balaban J connectivity index is 1.85. The van der Waals surface area contributed by atoms with Crippen LogP contribution >= 0.6 is 0 Å². The van der Waals surface area contributed by atoms with Crippen LogP contribution in [0.25, 0.3) is 6.08 Å². The third-order valence-corrected chi connectivity index (χ3v) is 5.09. The quantitative estimate of drug-likeness (QED) is 0.671. The molecule has 0 bridgehead atoms. The summed E-state index contributed by atoms with van der Waals surface area (Å²) in [6.07, 6.45) is 11.2. The molecule has 2 heterocycles. The number of hydrogen-bond acceptors (Lipinski definition) is 3. The van der Waals surface area contributed by atoms with Crippen molar-refractivity contribution in [2.75, 3.05) is 5.32 Å². The van der Waals surface area contributed by atoms with E-state index in [9.17, 15) is 10.1 Å². The molecule has 136 valence electrons. The monoisotopic (exact) mass is 351 g/mol. The Morgan fingerprint density at radius 2 is 2.08 bits per heavy atom. The predicted molar refractivity (Wildman–Crippen MR) is 101 cm³/mol. The summed E-state index contributed by atoms with van der Waals surface area (Å²) < 4.78 is 3.97. The lowest BCUT2D eigenvalue weighted by atomic mass is 9.95. The van der Waals surface area contributed by atoms with Gasteiger partial charge in [-0.3, -0.25) is 9.48 Å². The van der Waals surface area contributed by atoms with E-state index in [0.29, 0.717) is 11.7 Å². The number of anilines is 1. The first kappa shape index (κ1) is 18.0. The summed E-state index contributed by atoms with van der Waals surface area (Å²) in [5.41, 5.74) is 3.91. The lowest BCUT2D eigenvalue weighted by molar-refractivity contribution is -0.112. The van der Waals surface area contributed by atoms with E-state index in [4.69, 9.17) is 0 Å². The number of nitriles is 1. The van der Waals surface area contributed by atoms with E-state index >= 15 is 0 Å². The van der Waals surface area contributed by atoms with Gasteiger partial charge in [0.2, 0.25) is 0 Å². The van der Waals surface area contributed by atoms with Crippen LogP contribution in [0.1, 0.15) is 55.1 Å². The van der Waals surface area contributed by atoms with Gasteiger partial charge in [-0.2, -0.15) is 10.4 Å². The summed E-state index contributed by atoms with van der Waals surface area (Å²) in [4.78, 5) is 12.4. The second-order valence-electron chi connectivity index (χ2n) is 7.01. The molecule has 1 saturated carbocycles. The maximum Gasteiger partial charge on any atom is 0.266 e. The number of nitrogens with zero attached hydrogens (tertiary/aromatic N) is 4. The summed E-state index contributed by atoms with van der Waals surface area (Å²) >= 11 is 0.